The first-order chi connectivity index (χ1) is 10.2. The van der Waals surface area contributed by atoms with Gasteiger partial charge in [0.05, 0.1) is 28.6 Å². The zero-order valence-electron chi connectivity index (χ0n) is 11.8. The maximum atomic E-state index is 4.42. The zero-order chi connectivity index (χ0) is 14.8. The Labute approximate surface area is 130 Å². The molecule has 3 aromatic rings. The summed E-state index contributed by atoms with van der Waals surface area (Å²) < 4.78 is 4.54. The third kappa shape index (κ3) is 2.61. The lowest BCUT2D eigenvalue weighted by molar-refractivity contribution is 0.483. The minimum Gasteiger partial charge on any atom is -0.265 e. The Bertz CT molecular complexity index is 714. The van der Waals surface area contributed by atoms with Crippen molar-refractivity contribution in [3.05, 3.63) is 47.0 Å². The van der Waals surface area contributed by atoms with Crippen LogP contribution in [0.3, 0.4) is 0 Å². The highest BCUT2D eigenvalue weighted by molar-refractivity contribution is 9.10. The van der Waals surface area contributed by atoms with E-state index < -0.39 is 0 Å². The Hall–Kier alpha value is -2.02. The number of aryl methyl sites for hydroxylation is 1. The standard InChI is InChI=1S/C14H15BrN6/c1-3-13(11-6-4-5-7-16-11)21-9-12(18-19-21)14-10(15)8-17-20(14)2/h4-9,13H,3H2,1-2H3/t13-/m0/s1. The van der Waals surface area contributed by atoms with Gasteiger partial charge >= 0.3 is 0 Å². The number of nitrogens with zero attached hydrogens (tertiary/aromatic N) is 6. The maximum absolute atomic E-state index is 4.42. The topological polar surface area (TPSA) is 61.4 Å². The van der Waals surface area contributed by atoms with Gasteiger partial charge in [-0.25, -0.2) is 4.68 Å². The Morgan fingerprint density at radius 3 is 2.81 bits per heavy atom. The normalized spacial score (nSPS) is 12.5. The van der Waals surface area contributed by atoms with Crippen LogP contribution in [0.15, 0.2) is 41.3 Å². The minimum absolute atomic E-state index is 0.0828. The van der Waals surface area contributed by atoms with Gasteiger partial charge in [-0.2, -0.15) is 5.10 Å². The van der Waals surface area contributed by atoms with Gasteiger partial charge in [-0.3, -0.25) is 9.67 Å². The van der Waals surface area contributed by atoms with E-state index in [-0.39, 0.29) is 6.04 Å². The largest absolute Gasteiger partial charge is 0.265 e. The van der Waals surface area contributed by atoms with Crippen molar-refractivity contribution in [3.8, 4) is 11.4 Å². The van der Waals surface area contributed by atoms with Gasteiger partial charge in [0.1, 0.15) is 11.4 Å². The van der Waals surface area contributed by atoms with E-state index in [1.807, 2.05) is 36.1 Å². The number of rotatable bonds is 4. The molecule has 0 amide bonds. The molecule has 0 aliphatic carbocycles. The van der Waals surface area contributed by atoms with Crippen molar-refractivity contribution in [2.24, 2.45) is 7.05 Å². The Kier molecular flexibility index (Phi) is 3.83. The summed E-state index contributed by atoms with van der Waals surface area (Å²) in [6.07, 6.45) is 6.38. The van der Waals surface area contributed by atoms with E-state index in [9.17, 15) is 0 Å². The maximum Gasteiger partial charge on any atom is 0.132 e. The lowest BCUT2D eigenvalue weighted by Gasteiger charge is -2.13. The number of pyridine rings is 1. The molecule has 6 nitrogen and oxygen atoms in total. The van der Waals surface area contributed by atoms with Gasteiger partial charge in [0, 0.05) is 13.2 Å². The fourth-order valence-corrected chi connectivity index (χ4v) is 2.89. The highest BCUT2D eigenvalue weighted by Crippen LogP contribution is 2.27. The van der Waals surface area contributed by atoms with Gasteiger partial charge in [-0.15, -0.1) is 5.10 Å². The van der Waals surface area contributed by atoms with E-state index in [0.717, 1.165) is 28.0 Å². The summed E-state index contributed by atoms with van der Waals surface area (Å²) in [5.41, 5.74) is 2.69. The zero-order valence-corrected chi connectivity index (χ0v) is 13.4. The highest BCUT2D eigenvalue weighted by Gasteiger charge is 2.18. The van der Waals surface area contributed by atoms with Crippen LogP contribution in [0.5, 0.6) is 0 Å². The fourth-order valence-electron chi connectivity index (χ4n) is 2.34. The SMILES string of the molecule is CC[C@@H](c1ccccn1)n1cc(-c2c(Br)cnn2C)nn1. The lowest BCUT2D eigenvalue weighted by atomic mass is 10.1. The lowest BCUT2D eigenvalue weighted by Crippen LogP contribution is -2.11. The Balaban J connectivity index is 1.98. The first kappa shape index (κ1) is 13.9. The second-order valence-corrected chi connectivity index (χ2v) is 5.58. The molecule has 0 aromatic carbocycles. The smallest absolute Gasteiger partial charge is 0.132 e. The van der Waals surface area contributed by atoms with Crippen molar-refractivity contribution in [3.63, 3.8) is 0 Å². The molecule has 0 aliphatic rings. The van der Waals surface area contributed by atoms with Crippen LogP contribution in [0, 0.1) is 0 Å². The van der Waals surface area contributed by atoms with Gasteiger partial charge < -0.3 is 0 Å². The minimum atomic E-state index is 0.0828. The summed E-state index contributed by atoms with van der Waals surface area (Å²) in [5.74, 6) is 0. The molecule has 108 valence electrons. The van der Waals surface area contributed by atoms with Crippen LogP contribution in [0.1, 0.15) is 25.1 Å². The predicted octanol–water partition coefficient (Wildman–Crippen LogP) is 2.84. The summed E-state index contributed by atoms with van der Waals surface area (Å²) in [6, 6.07) is 5.99. The van der Waals surface area contributed by atoms with Crippen LogP contribution in [0.4, 0.5) is 0 Å². The van der Waals surface area contributed by atoms with Crippen molar-refractivity contribution < 1.29 is 0 Å². The Morgan fingerprint density at radius 2 is 2.19 bits per heavy atom. The Morgan fingerprint density at radius 1 is 1.33 bits per heavy atom. The number of hydrogen-bond donors (Lipinski definition) is 0. The number of halogens is 1. The fraction of sp³-hybridized carbons (Fsp3) is 0.286. The molecular formula is C14H15BrN6. The van der Waals surface area contributed by atoms with E-state index in [0.29, 0.717) is 0 Å². The highest BCUT2D eigenvalue weighted by atomic mass is 79.9. The van der Waals surface area contributed by atoms with Crippen LogP contribution in [0.25, 0.3) is 11.4 Å². The molecule has 0 spiro atoms. The molecule has 0 saturated heterocycles. The molecule has 0 fully saturated rings. The second-order valence-electron chi connectivity index (χ2n) is 4.73. The molecule has 0 saturated carbocycles. The van der Waals surface area contributed by atoms with Gasteiger partial charge in [-0.1, -0.05) is 18.2 Å². The van der Waals surface area contributed by atoms with Crippen molar-refractivity contribution >= 4 is 15.9 Å². The molecule has 3 heterocycles. The molecule has 1 atom stereocenters. The van der Waals surface area contributed by atoms with Crippen LogP contribution in [-0.4, -0.2) is 29.8 Å². The van der Waals surface area contributed by atoms with E-state index in [4.69, 9.17) is 0 Å². The first-order valence-corrected chi connectivity index (χ1v) is 7.50. The molecular weight excluding hydrogens is 332 g/mol. The summed E-state index contributed by atoms with van der Waals surface area (Å²) in [6.45, 7) is 2.11. The van der Waals surface area contributed by atoms with Crippen LogP contribution < -0.4 is 0 Å². The summed E-state index contributed by atoms with van der Waals surface area (Å²) in [7, 11) is 1.88. The number of hydrogen-bond acceptors (Lipinski definition) is 4. The molecule has 0 bridgehead atoms. The second kappa shape index (κ2) is 5.77. The van der Waals surface area contributed by atoms with Crippen molar-refractivity contribution in [2.75, 3.05) is 0 Å². The van der Waals surface area contributed by atoms with E-state index in [2.05, 4.69) is 43.2 Å². The third-order valence-electron chi connectivity index (χ3n) is 3.38. The van der Waals surface area contributed by atoms with Gasteiger partial charge in [-0.05, 0) is 34.5 Å². The summed E-state index contributed by atoms with van der Waals surface area (Å²) in [5, 5.41) is 12.7. The van der Waals surface area contributed by atoms with Crippen LogP contribution in [0.2, 0.25) is 0 Å². The average Bonchev–Trinajstić information content (AvgIpc) is 3.08. The molecule has 0 radical (unpaired) electrons. The van der Waals surface area contributed by atoms with Gasteiger partial charge in [0.15, 0.2) is 0 Å². The third-order valence-corrected chi connectivity index (χ3v) is 3.96. The summed E-state index contributed by atoms with van der Waals surface area (Å²) >= 11 is 3.49. The quantitative estimate of drug-likeness (QED) is 0.728. The van der Waals surface area contributed by atoms with Gasteiger partial charge in [0.25, 0.3) is 0 Å². The summed E-state index contributed by atoms with van der Waals surface area (Å²) in [4.78, 5) is 4.42. The van der Waals surface area contributed by atoms with Crippen molar-refractivity contribution in [1.29, 1.82) is 0 Å². The molecule has 0 N–H and O–H groups in total. The van der Waals surface area contributed by atoms with E-state index in [1.54, 1.807) is 17.1 Å². The van der Waals surface area contributed by atoms with Crippen molar-refractivity contribution in [2.45, 2.75) is 19.4 Å². The monoisotopic (exact) mass is 346 g/mol. The number of aromatic nitrogens is 6. The molecule has 0 aliphatic heterocycles. The van der Waals surface area contributed by atoms with E-state index in [1.165, 1.54) is 0 Å². The van der Waals surface area contributed by atoms with Crippen LogP contribution >= 0.6 is 15.9 Å². The van der Waals surface area contributed by atoms with Crippen LogP contribution in [-0.2, 0) is 7.05 Å². The molecule has 21 heavy (non-hydrogen) atoms. The average molecular weight is 347 g/mol. The van der Waals surface area contributed by atoms with E-state index >= 15 is 0 Å². The van der Waals surface area contributed by atoms with Crippen molar-refractivity contribution in [1.82, 2.24) is 29.8 Å². The van der Waals surface area contributed by atoms with Gasteiger partial charge in [0.2, 0.25) is 0 Å². The first-order valence-electron chi connectivity index (χ1n) is 6.71. The molecule has 3 rings (SSSR count). The predicted molar refractivity (Wildman–Crippen MR) is 82.6 cm³/mol. The molecule has 0 unspecified atom stereocenters. The molecule has 3 aromatic heterocycles. The molecule has 7 heteroatoms.